The van der Waals surface area contributed by atoms with Crippen molar-refractivity contribution < 1.29 is 9.53 Å². The Morgan fingerprint density at radius 3 is 2.78 bits per heavy atom. The van der Waals surface area contributed by atoms with Crippen LogP contribution in [0.1, 0.15) is 28.8 Å². The molecule has 0 spiro atoms. The molecule has 1 N–H and O–H groups in total. The highest BCUT2D eigenvalue weighted by Gasteiger charge is 2.23. The van der Waals surface area contributed by atoms with Crippen molar-refractivity contribution in [2.45, 2.75) is 30.8 Å². The van der Waals surface area contributed by atoms with Gasteiger partial charge in [0.1, 0.15) is 10.6 Å². The third kappa shape index (κ3) is 5.52. The first kappa shape index (κ1) is 25.0. The van der Waals surface area contributed by atoms with E-state index in [4.69, 9.17) is 9.72 Å². The summed E-state index contributed by atoms with van der Waals surface area (Å²) in [4.78, 5) is 33.1. The van der Waals surface area contributed by atoms with Gasteiger partial charge >= 0.3 is 0 Å². The molecule has 1 amide bonds. The van der Waals surface area contributed by atoms with Gasteiger partial charge in [-0.2, -0.15) is 5.10 Å². The van der Waals surface area contributed by atoms with E-state index in [2.05, 4.69) is 10.5 Å². The minimum Gasteiger partial charge on any atom is -0.496 e. The second-order valence-electron chi connectivity index (χ2n) is 8.46. The lowest BCUT2D eigenvalue weighted by atomic mass is 9.97. The van der Waals surface area contributed by atoms with Gasteiger partial charge in [-0.05, 0) is 61.6 Å². The smallest absolute Gasteiger partial charge is 0.267 e. The van der Waals surface area contributed by atoms with Crippen molar-refractivity contribution in [2.24, 2.45) is 5.10 Å². The number of fused-ring (bicyclic) bond motifs is 3. The molecule has 0 atom stereocenters. The third-order valence-electron chi connectivity index (χ3n) is 6.07. The van der Waals surface area contributed by atoms with Crippen molar-refractivity contribution in [2.75, 3.05) is 12.9 Å². The number of aromatic nitrogens is 2. The van der Waals surface area contributed by atoms with Crippen LogP contribution in [0.15, 0.2) is 75.7 Å². The second-order valence-corrected chi connectivity index (χ2v) is 10.5. The highest BCUT2D eigenvalue weighted by molar-refractivity contribution is 7.99. The Hall–Kier alpha value is -3.69. The zero-order valence-corrected chi connectivity index (χ0v) is 22.0. The number of allylic oxidation sites excluding steroid dienone is 1. The quantitative estimate of drug-likeness (QED) is 0.146. The fourth-order valence-electron chi connectivity index (χ4n) is 4.35. The Morgan fingerprint density at radius 1 is 1.16 bits per heavy atom. The number of aryl methyl sites for hydroxylation is 2. The topological polar surface area (TPSA) is 85.6 Å². The SMILES string of the molecule is COc1ccccc1C=CC=NNC(=O)CSc1nc2sc3c(c2c(=O)n1-c1ccccc1)CCCC3. The molecule has 0 fully saturated rings. The van der Waals surface area contributed by atoms with Crippen LogP contribution in [0.3, 0.4) is 0 Å². The number of hydrazone groups is 1. The Labute approximate surface area is 222 Å². The van der Waals surface area contributed by atoms with Gasteiger partial charge in [0.15, 0.2) is 5.16 Å². The van der Waals surface area contributed by atoms with Gasteiger partial charge in [-0.3, -0.25) is 14.2 Å². The fourth-order valence-corrected chi connectivity index (χ4v) is 6.46. The van der Waals surface area contributed by atoms with Gasteiger partial charge in [-0.25, -0.2) is 10.4 Å². The molecular weight excluding hydrogens is 504 g/mol. The van der Waals surface area contributed by atoms with Crippen LogP contribution in [0, 0.1) is 0 Å². The molecule has 0 radical (unpaired) electrons. The van der Waals surface area contributed by atoms with Crippen molar-refractivity contribution in [1.82, 2.24) is 15.0 Å². The van der Waals surface area contributed by atoms with Gasteiger partial charge in [-0.15, -0.1) is 11.3 Å². The van der Waals surface area contributed by atoms with Crippen LogP contribution in [-0.2, 0) is 17.6 Å². The predicted octanol–water partition coefficient (Wildman–Crippen LogP) is 5.24. The first-order valence-corrected chi connectivity index (χ1v) is 13.8. The molecule has 37 heavy (non-hydrogen) atoms. The van der Waals surface area contributed by atoms with Crippen molar-refractivity contribution in [1.29, 1.82) is 0 Å². The van der Waals surface area contributed by atoms with Crippen LogP contribution in [0.4, 0.5) is 0 Å². The van der Waals surface area contributed by atoms with E-state index in [1.54, 1.807) is 29.1 Å². The molecule has 0 saturated heterocycles. The average molecular weight is 531 g/mol. The Morgan fingerprint density at radius 2 is 1.95 bits per heavy atom. The molecule has 4 aromatic rings. The zero-order chi connectivity index (χ0) is 25.6. The van der Waals surface area contributed by atoms with Crippen LogP contribution in [0.25, 0.3) is 22.0 Å². The molecule has 2 aromatic carbocycles. The lowest BCUT2D eigenvalue weighted by Gasteiger charge is -2.13. The number of nitrogens with one attached hydrogen (secondary N) is 1. The number of para-hydroxylation sites is 2. The maximum atomic E-state index is 13.7. The standard InChI is InChI=1S/C28H26N4O3S2/c1-35-22-15-7-5-10-19(22)11-9-17-29-31-24(33)18-36-28-30-26-25(21-14-6-8-16-23(21)37-26)27(34)32(28)20-12-3-2-4-13-20/h2-5,7,9-13,15,17H,6,8,14,16,18H2,1H3,(H,31,33). The molecule has 188 valence electrons. The van der Waals surface area contributed by atoms with Gasteiger partial charge < -0.3 is 4.74 Å². The summed E-state index contributed by atoms with van der Waals surface area (Å²) in [5.74, 6) is 0.545. The first-order valence-electron chi connectivity index (χ1n) is 12.0. The Balaban J connectivity index is 1.33. The fraction of sp³-hybridized carbons (Fsp3) is 0.214. The van der Waals surface area contributed by atoms with E-state index in [0.29, 0.717) is 5.16 Å². The summed E-state index contributed by atoms with van der Waals surface area (Å²) in [6.07, 6.45) is 9.23. The molecule has 0 unspecified atom stereocenters. The monoisotopic (exact) mass is 530 g/mol. The second kappa shape index (κ2) is 11.6. The number of hydrogen-bond donors (Lipinski definition) is 1. The summed E-state index contributed by atoms with van der Waals surface area (Å²) in [6.45, 7) is 0. The Bertz CT molecular complexity index is 1540. The van der Waals surface area contributed by atoms with Crippen molar-refractivity contribution in [3.8, 4) is 11.4 Å². The van der Waals surface area contributed by atoms with Crippen molar-refractivity contribution in [3.05, 3.63) is 87.0 Å². The molecular formula is C28H26N4O3S2. The minimum atomic E-state index is -0.286. The number of methoxy groups -OCH3 is 1. The summed E-state index contributed by atoms with van der Waals surface area (Å²) in [6, 6.07) is 17.1. The van der Waals surface area contributed by atoms with E-state index in [0.717, 1.165) is 58.5 Å². The lowest BCUT2D eigenvalue weighted by Crippen LogP contribution is -2.24. The predicted molar refractivity (Wildman–Crippen MR) is 151 cm³/mol. The summed E-state index contributed by atoms with van der Waals surface area (Å²) in [5.41, 5.74) is 5.26. The number of carbonyl (C=O) groups is 1. The highest BCUT2D eigenvalue weighted by atomic mass is 32.2. The number of hydrogen-bond acceptors (Lipinski definition) is 7. The van der Waals surface area contributed by atoms with Gasteiger partial charge in [0, 0.05) is 16.7 Å². The third-order valence-corrected chi connectivity index (χ3v) is 8.19. The maximum Gasteiger partial charge on any atom is 0.267 e. The van der Waals surface area contributed by atoms with Gasteiger partial charge in [0.05, 0.1) is 23.9 Å². The van der Waals surface area contributed by atoms with Gasteiger partial charge in [0.2, 0.25) is 0 Å². The minimum absolute atomic E-state index is 0.0713. The van der Waals surface area contributed by atoms with E-state index >= 15 is 0 Å². The molecule has 0 aliphatic heterocycles. The number of amides is 1. The number of nitrogens with zero attached hydrogens (tertiary/aromatic N) is 3. The van der Waals surface area contributed by atoms with E-state index in [1.165, 1.54) is 22.9 Å². The summed E-state index contributed by atoms with van der Waals surface area (Å²) in [7, 11) is 1.62. The number of ether oxygens (including phenoxy) is 1. The van der Waals surface area contributed by atoms with Crippen LogP contribution in [0.5, 0.6) is 5.75 Å². The number of carbonyl (C=O) groups excluding carboxylic acids is 1. The molecule has 7 nitrogen and oxygen atoms in total. The van der Waals surface area contributed by atoms with Crippen LogP contribution < -0.4 is 15.7 Å². The molecule has 2 heterocycles. The molecule has 5 rings (SSSR count). The van der Waals surface area contributed by atoms with E-state index in [-0.39, 0.29) is 17.2 Å². The maximum absolute atomic E-state index is 13.7. The average Bonchev–Trinajstić information content (AvgIpc) is 3.31. The normalized spacial score (nSPS) is 13.3. The summed E-state index contributed by atoms with van der Waals surface area (Å²) >= 11 is 2.84. The molecule has 2 aromatic heterocycles. The van der Waals surface area contributed by atoms with Crippen LogP contribution in [-0.4, -0.2) is 34.5 Å². The van der Waals surface area contributed by atoms with Crippen LogP contribution in [0.2, 0.25) is 0 Å². The van der Waals surface area contributed by atoms with E-state index in [9.17, 15) is 9.59 Å². The number of benzene rings is 2. The Kier molecular flexibility index (Phi) is 7.82. The van der Waals surface area contributed by atoms with Crippen molar-refractivity contribution >= 4 is 51.5 Å². The summed E-state index contributed by atoms with van der Waals surface area (Å²) < 4.78 is 6.94. The zero-order valence-electron chi connectivity index (χ0n) is 20.3. The number of thioether (sulfide) groups is 1. The first-order chi connectivity index (χ1) is 18.2. The molecule has 1 aliphatic rings. The summed E-state index contributed by atoms with van der Waals surface area (Å²) in [5, 5.41) is 5.22. The number of thiophene rings is 1. The van der Waals surface area contributed by atoms with Gasteiger partial charge in [-0.1, -0.05) is 48.2 Å². The molecule has 0 bridgehead atoms. The van der Waals surface area contributed by atoms with Crippen molar-refractivity contribution in [3.63, 3.8) is 0 Å². The largest absolute Gasteiger partial charge is 0.496 e. The van der Waals surface area contributed by atoms with E-state index < -0.39 is 0 Å². The van der Waals surface area contributed by atoms with Crippen LogP contribution >= 0.6 is 23.1 Å². The highest BCUT2D eigenvalue weighted by Crippen LogP contribution is 2.35. The molecule has 1 aliphatic carbocycles. The molecule has 9 heteroatoms. The lowest BCUT2D eigenvalue weighted by molar-refractivity contribution is -0.118. The van der Waals surface area contributed by atoms with E-state index in [1.807, 2.05) is 60.7 Å². The number of rotatable bonds is 8. The van der Waals surface area contributed by atoms with Gasteiger partial charge in [0.25, 0.3) is 11.5 Å². The molecule has 0 saturated carbocycles.